The van der Waals surface area contributed by atoms with Gasteiger partial charge >= 0.3 is 6.09 Å². The fourth-order valence-corrected chi connectivity index (χ4v) is 2.52. The highest BCUT2D eigenvalue weighted by molar-refractivity contribution is 5.67. The number of carbonyl (C=O) groups is 1. The molecule has 0 bridgehead atoms. The van der Waals surface area contributed by atoms with Gasteiger partial charge in [0.1, 0.15) is 18.5 Å². The fourth-order valence-electron chi connectivity index (χ4n) is 2.52. The third-order valence-electron chi connectivity index (χ3n) is 3.71. The summed E-state index contributed by atoms with van der Waals surface area (Å²) in [5.41, 5.74) is 1.85. The van der Waals surface area contributed by atoms with Gasteiger partial charge in [0, 0.05) is 12.7 Å². The molecule has 2 atom stereocenters. The van der Waals surface area contributed by atoms with E-state index in [4.69, 9.17) is 9.47 Å². The zero-order valence-corrected chi connectivity index (χ0v) is 12.4. The van der Waals surface area contributed by atoms with Crippen LogP contribution in [0.5, 0.6) is 5.75 Å². The number of fused-ring (bicyclic) bond motifs is 1. The van der Waals surface area contributed by atoms with Crippen molar-refractivity contribution >= 4 is 6.09 Å². The van der Waals surface area contributed by atoms with E-state index in [1.807, 2.05) is 49.4 Å². The van der Waals surface area contributed by atoms with E-state index in [2.05, 4.69) is 10.3 Å². The highest BCUT2D eigenvalue weighted by atomic mass is 16.5. The second kappa shape index (κ2) is 6.47. The molecule has 2 aromatic rings. The first-order chi connectivity index (χ1) is 10.7. The van der Waals surface area contributed by atoms with Gasteiger partial charge < -0.3 is 14.8 Å². The lowest BCUT2D eigenvalue weighted by Crippen LogP contribution is -2.32. The summed E-state index contributed by atoms with van der Waals surface area (Å²) in [7, 11) is 0. The molecule has 0 unspecified atom stereocenters. The van der Waals surface area contributed by atoms with Gasteiger partial charge in [-0.2, -0.15) is 0 Å². The van der Waals surface area contributed by atoms with Crippen LogP contribution in [0.4, 0.5) is 4.79 Å². The summed E-state index contributed by atoms with van der Waals surface area (Å²) in [6.07, 6.45) is 1.29. The van der Waals surface area contributed by atoms with Gasteiger partial charge in [-0.05, 0) is 24.6 Å². The Kier molecular flexibility index (Phi) is 4.23. The van der Waals surface area contributed by atoms with Gasteiger partial charge in [-0.15, -0.1) is 0 Å². The van der Waals surface area contributed by atoms with Crippen LogP contribution in [0.2, 0.25) is 0 Å². The molecular formula is C17H18N2O3. The first-order valence-electron chi connectivity index (χ1n) is 7.30. The van der Waals surface area contributed by atoms with Crippen molar-refractivity contribution in [2.24, 2.45) is 0 Å². The highest BCUT2D eigenvalue weighted by Crippen LogP contribution is 2.35. The Labute approximate surface area is 129 Å². The number of nitrogens with one attached hydrogen (secondary N) is 1. The number of rotatable bonds is 4. The molecule has 1 aromatic heterocycles. The minimum Gasteiger partial charge on any atom is -0.488 e. The maximum Gasteiger partial charge on any atom is 0.407 e. The van der Waals surface area contributed by atoms with Crippen molar-refractivity contribution in [3.8, 4) is 5.75 Å². The molecule has 22 heavy (non-hydrogen) atoms. The molecule has 0 spiro atoms. The Morgan fingerprint density at radius 1 is 1.27 bits per heavy atom. The van der Waals surface area contributed by atoms with E-state index in [1.165, 1.54) is 0 Å². The number of amides is 1. The number of pyridine rings is 1. The van der Waals surface area contributed by atoms with Crippen molar-refractivity contribution in [3.63, 3.8) is 0 Å². The van der Waals surface area contributed by atoms with E-state index in [0.29, 0.717) is 6.54 Å². The van der Waals surface area contributed by atoms with Gasteiger partial charge in [0.05, 0.1) is 11.6 Å². The zero-order valence-electron chi connectivity index (χ0n) is 12.4. The predicted molar refractivity (Wildman–Crippen MR) is 81.7 cm³/mol. The van der Waals surface area contributed by atoms with Crippen LogP contribution in [-0.4, -0.2) is 23.7 Å². The van der Waals surface area contributed by atoms with Crippen molar-refractivity contribution in [1.29, 1.82) is 0 Å². The SMILES string of the molecule is C[C@H]1Oc2cccnc2[C@@H]1CNC(=O)OCc1ccccc1. The molecule has 1 N–H and O–H groups in total. The van der Waals surface area contributed by atoms with Gasteiger partial charge in [-0.3, -0.25) is 4.98 Å². The molecule has 0 radical (unpaired) electrons. The van der Waals surface area contributed by atoms with Crippen molar-refractivity contribution < 1.29 is 14.3 Å². The average Bonchev–Trinajstić information content (AvgIpc) is 2.87. The molecule has 0 saturated carbocycles. The number of aromatic nitrogens is 1. The molecule has 5 heteroatoms. The predicted octanol–water partition coefficient (Wildman–Crippen LogP) is 2.87. The van der Waals surface area contributed by atoms with Crippen molar-refractivity contribution in [3.05, 3.63) is 59.9 Å². The number of alkyl carbamates (subject to hydrolysis) is 1. The van der Waals surface area contributed by atoms with Crippen LogP contribution in [0.1, 0.15) is 24.1 Å². The molecular weight excluding hydrogens is 280 g/mol. The minimum absolute atomic E-state index is 0.0145. The molecule has 1 aromatic carbocycles. The van der Waals surface area contributed by atoms with Crippen LogP contribution in [0, 0.1) is 0 Å². The largest absolute Gasteiger partial charge is 0.488 e. The average molecular weight is 298 g/mol. The number of carbonyl (C=O) groups excluding carboxylic acids is 1. The van der Waals surface area contributed by atoms with E-state index >= 15 is 0 Å². The number of benzene rings is 1. The molecule has 1 amide bonds. The Morgan fingerprint density at radius 3 is 2.91 bits per heavy atom. The molecule has 2 heterocycles. The summed E-state index contributed by atoms with van der Waals surface area (Å²) in [5.74, 6) is 0.833. The van der Waals surface area contributed by atoms with E-state index in [-0.39, 0.29) is 18.6 Å². The van der Waals surface area contributed by atoms with E-state index in [1.54, 1.807) is 6.20 Å². The van der Waals surface area contributed by atoms with Crippen LogP contribution in [0.3, 0.4) is 0 Å². The lowest BCUT2D eigenvalue weighted by atomic mass is 10.0. The van der Waals surface area contributed by atoms with Gasteiger partial charge in [0.15, 0.2) is 0 Å². The standard InChI is InChI=1S/C17H18N2O3/c1-12-14(16-15(22-12)8-5-9-18-16)10-19-17(20)21-11-13-6-3-2-4-7-13/h2-9,12,14H,10-11H2,1H3,(H,19,20)/t12-,14-/m1/s1. The van der Waals surface area contributed by atoms with Gasteiger partial charge in [0.2, 0.25) is 0 Å². The lowest BCUT2D eigenvalue weighted by molar-refractivity contribution is 0.137. The van der Waals surface area contributed by atoms with E-state index in [9.17, 15) is 4.79 Å². The van der Waals surface area contributed by atoms with Crippen molar-refractivity contribution in [1.82, 2.24) is 10.3 Å². The Balaban J connectivity index is 1.51. The molecule has 0 saturated heterocycles. The molecule has 5 nitrogen and oxygen atoms in total. The van der Waals surface area contributed by atoms with Crippen LogP contribution < -0.4 is 10.1 Å². The number of hydrogen-bond acceptors (Lipinski definition) is 4. The minimum atomic E-state index is -0.430. The maximum atomic E-state index is 11.8. The highest BCUT2D eigenvalue weighted by Gasteiger charge is 2.32. The molecule has 0 fully saturated rings. The smallest absolute Gasteiger partial charge is 0.407 e. The normalized spacial score (nSPS) is 19.1. The summed E-state index contributed by atoms with van der Waals surface area (Å²) >= 11 is 0. The van der Waals surface area contributed by atoms with E-state index < -0.39 is 6.09 Å². The first-order valence-corrected chi connectivity index (χ1v) is 7.30. The van der Waals surface area contributed by atoms with Gasteiger partial charge in [-0.1, -0.05) is 30.3 Å². The number of nitrogens with zero attached hydrogens (tertiary/aromatic N) is 1. The molecule has 1 aliphatic heterocycles. The molecule has 1 aliphatic rings. The zero-order chi connectivity index (χ0) is 15.4. The van der Waals surface area contributed by atoms with Crippen LogP contribution in [-0.2, 0) is 11.3 Å². The third-order valence-corrected chi connectivity index (χ3v) is 3.71. The number of ether oxygens (including phenoxy) is 2. The summed E-state index contributed by atoms with van der Waals surface area (Å²) in [6.45, 7) is 2.68. The van der Waals surface area contributed by atoms with Crippen molar-refractivity contribution in [2.45, 2.75) is 25.6 Å². The summed E-state index contributed by atoms with van der Waals surface area (Å²) in [6, 6.07) is 13.3. The second-order valence-corrected chi connectivity index (χ2v) is 5.26. The summed E-state index contributed by atoms with van der Waals surface area (Å²) < 4.78 is 10.9. The summed E-state index contributed by atoms with van der Waals surface area (Å²) in [4.78, 5) is 16.1. The third kappa shape index (κ3) is 3.19. The Hall–Kier alpha value is -2.56. The Morgan fingerprint density at radius 2 is 2.09 bits per heavy atom. The topological polar surface area (TPSA) is 60.5 Å². The first kappa shape index (κ1) is 14.4. The fraction of sp³-hybridized carbons (Fsp3) is 0.294. The maximum absolute atomic E-state index is 11.8. The van der Waals surface area contributed by atoms with Crippen molar-refractivity contribution in [2.75, 3.05) is 6.54 Å². The van der Waals surface area contributed by atoms with E-state index in [0.717, 1.165) is 17.0 Å². The number of hydrogen-bond donors (Lipinski definition) is 1. The second-order valence-electron chi connectivity index (χ2n) is 5.26. The van der Waals surface area contributed by atoms with Gasteiger partial charge in [0.25, 0.3) is 0 Å². The lowest BCUT2D eigenvalue weighted by Gasteiger charge is -2.15. The monoisotopic (exact) mass is 298 g/mol. The quantitative estimate of drug-likeness (QED) is 0.943. The van der Waals surface area contributed by atoms with Crippen LogP contribution in [0.25, 0.3) is 0 Å². The van der Waals surface area contributed by atoms with Gasteiger partial charge in [-0.25, -0.2) is 4.79 Å². The van der Waals surface area contributed by atoms with Crippen LogP contribution >= 0.6 is 0 Å². The molecule has 114 valence electrons. The molecule has 0 aliphatic carbocycles. The van der Waals surface area contributed by atoms with Crippen LogP contribution in [0.15, 0.2) is 48.7 Å². The molecule has 3 rings (SSSR count). The summed E-state index contributed by atoms with van der Waals surface area (Å²) in [5, 5.41) is 2.78. The Bertz CT molecular complexity index is 645.